The Morgan fingerprint density at radius 3 is 2.77 bits per heavy atom. The highest BCUT2D eigenvalue weighted by molar-refractivity contribution is 9.10. The third-order valence-electron chi connectivity index (χ3n) is 5.22. The van der Waals surface area contributed by atoms with E-state index >= 15 is 0 Å². The van der Waals surface area contributed by atoms with Crippen LogP contribution in [0.15, 0.2) is 59.1 Å². The van der Waals surface area contributed by atoms with E-state index in [1.165, 1.54) is 0 Å². The molecule has 0 radical (unpaired) electrons. The van der Waals surface area contributed by atoms with E-state index in [9.17, 15) is 9.59 Å². The summed E-state index contributed by atoms with van der Waals surface area (Å²) in [4.78, 5) is 25.5. The summed E-state index contributed by atoms with van der Waals surface area (Å²) in [5, 5.41) is 6.50. The molecule has 26 heavy (non-hydrogen) atoms. The molecule has 132 valence electrons. The van der Waals surface area contributed by atoms with Crippen LogP contribution in [0.4, 0.5) is 5.69 Å². The van der Waals surface area contributed by atoms with Crippen molar-refractivity contribution in [2.45, 2.75) is 17.8 Å². The van der Waals surface area contributed by atoms with Gasteiger partial charge < -0.3 is 10.6 Å². The maximum Gasteiger partial charge on any atom is 0.239 e. The summed E-state index contributed by atoms with van der Waals surface area (Å²) in [7, 11) is 0. The van der Waals surface area contributed by atoms with E-state index in [4.69, 9.17) is 11.6 Å². The van der Waals surface area contributed by atoms with Gasteiger partial charge in [0.25, 0.3) is 0 Å². The van der Waals surface area contributed by atoms with E-state index in [1.54, 1.807) is 6.07 Å². The first kappa shape index (κ1) is 17.3. The minimum atomic E-state index is -1.01. The lowest BCUT2D eigenvalue weighted by Crippen LogP contribution is -2.43. The first-order chi connectivity index (χ1) is 12.4. The Hall–Kier alpha value is -2.11. The van der Waals surface area contributed by atoms with Crippen LogP contribution >= 0.6 is 27.5 Å². The Bertz CT molecular complexity index is 959. The number of hydrogen-bond donors (Lipinski definition) is 2. The molecule has 0 bridgehead atoms. The molecular formula is C20H16BrClN2O2. The standard InChI is InChI=1S/C20H16BrClN2O2/c1-11-7-18(25)23-10-16(12-3-2-4-14(22)8-12)20(11)15-6-5-13(21)9-17(15)24-19(20)26/h2-6,8-9,16H,1,7,10H2,(H,23,25)(H,24,26)/t16-,20-/m0/s1. The topological polar surface area (TPSA) is 58.2 Å². The minimum absolute atomic E-state index is 0.111. The predicted octanol–water partition coefficient (Wildman–Crippen LogP) is 4.15. The first-order valence-corrected chi connectivity index (χ1v) is 9.42. The van der Waals surface area contributed by atoms with Gasteiger partial charge >= 0.3 is 0 Å². The SMILES string of the molecule is C=C1CC(=O)NC[C@@H](c2cccc(Cl)c2)[C@]12C(=O)Nc1cc(Br)ccc12. The summed E-state index contributed by atoms with van der Waals surface area (Å²) in [6.45, 7) is 4.50. The zero-order valence-electron chi connectivity index (χ0n) is 13.8. The van der Waals surface area contributed by atoms with Crippen LogP contribution in [0.2, 0.25) is 5.02 Å². The third kappa shape index (κ3) is 2.49. The Morgan fingerprint density at radius 1 is 1.19 bits per heavy atom. The molecule has 0 aromatic heterocycles. The number of anilines is 1. The van der Waals surface area contributed by atoms with Crippen LogP contribution in [-0.2, 0) is 15.0 Å². The first-order valence-electron chi connectivity index (χ1n) is 8.25. The molecule has 1 fully saturated rings. The number of hydrogen-bond acceptors (Lipinski definition) is 2. The Morgan fingerprint density at radius 2 is 2.00 bits per heavy atom. The molecule has 2 aromatic carbocycles. The van der Waals surface area contributed by atoms with E-state index in [-0.39, 0.29) is 24.2 Å². The summed E-state index contributed by atoms with van der Waals surface area (Å²) in [5.74, 6) is -0.586. The second kappa shape index (κ2) is 6.25. The van der Waals surface area contributed by atoms with Gasteiger partial charge in [0.2, 0.25) is 11.8 Å². The molecular weight excluding hydrogens is 416 g/mol. The van der Waals surface area contributed by atoms with Gasteiger partial charge in [0.05, 0.1) is 0 Å². The number of rotatable bonds is 1. The summed E-state index contributed by atoms with van der Waals surface area (Å²) in [6, 6.07) is 13.2. The van der Waals surface area contributed by atoms with Crippen LogP contribution in [0, 0.1) is 0 Å². The smallest absolute Gasteiger partial charge is 0.239 e. The van der Waals surface area contributed by atoms with Gasteiger partial charge in [-0.1, -0.05) is 52.3 Å². The van der Waals surface area contributed by atoms with Crippen molar-refractivity contribution in [3.8, 4) is 0 Å². The van der Waals surface area contributed by atoms with Gasteiger partial charge in [-0.15, -0.1) is 0 Å². The summed E-state index contributed by atoms with van der Waals surface area (Å²) < 4.78 is 0.876. The average Bonchev–Trinajstić information content (AvgIpc) is 2.79. The Balaban J connectivity index is 1.99. The van der Waals surface area contributed by atoms with Crippen molar-refractivity contribution in [1.29, 1.82) is 0 Å². The number of amides is 2. The van der Waals surface area contributed by atoms with Gasteiger partial charge in [-0.2, -0.15) is 0 Å². The molecule has 1 saturated heterocycles. The zero-order valence-corrected chi connectivity index (χ0v) is 16.2. The number of carbonyl (C=O) groups excluding carboxylic acids is 2. The number of fused-ring (bicyclic) bond motifs is 2. The normalized spacial score (nSPS) is 24.8. The number of nitrogens with one attached hydrogen (secondary N) is 2. The monoisotopic (exact) mass is 430 g/mol. The third-order valence-corrected chi connectivity index (χ3v) is 5.95. The molecule has 2 N–H and O–H groups in total. The summed E-state index contributed by atoms with van der Waals surface area (Å²) >= 11 is 9.66. The van der Waals surface area contributed by atoms with Gasteiger partial charge in [-0.05, 0) is 41.0 Å². The largest absolute Gasteiger partial charge is 0.355 e. The van der Waals surface area contributed by atoms with Crippen molar-refractivity contribution < 1.29 is 9.59 Å². The molecule has 1 spiro atoms. The maximum atomic E-state index is 13.3. The van der Waals surface area contributed by atoms with E-state index in [0.717, 1.165) is 21.3 Å². The van der Waals surface area contributed by atoms with Crippen LogP contribution in [0.25, 0.3) is 0 Å². The molecule has 2 aliphatic heterocycles. The number of carbonyl (C=O) groups is 2. The Labute approximate surface area is 164 Å². The Kier molecular flexibility index (Phi) is 4.16. The molecule has 0 unspecified atom stereocenters. The molecule has 2 aliphatic rings. The average molecular weight is 432 g/mol. The van der Waals surface area contributed by atoms with E-state index in [0.29, 0.717) is 17.1 Å². The van der Waals surface area contributed by atoms with Gasteiger partial charge in [0.15, 0.2) is 0 Å². The second-order valence-electron chi connectivity index (χ2n) is 6.64. The van der Waals surface area contributed by atoms with Crippen LogP contribution in [-0.4, -0.2) is 18.4 Å². The quantitative estimate of drug-likeness (QED) is 0.666. The lowest BCUT2D eigenvalue weighted by Gasteiger charge is -2.36. The maximum absolute atomic E-state index is 13.3. The molecule has 6 heteroatoms. The second-order valence-corrected chi connectivity index (χ2v) is 8.00. The molecule has 2 aromatic rings. The van der Waals surface area contributed by atoms with Crippen molar-refractivity contribution in [1.82, 2.24) is 5.32 Å². The summed E-state index contributed by atoms with van der Waals surface area (Å²) in [6.07, 6.45) is 0.111. The van der Waals surface area contributed by atoms with E-state index in [2.05, 4.69) is 33.1 Å². The van der Waals surface area contributed by atoms with E-state index in [1.807, 2.05) is 36.4 Å². The lowest BCUT2D eigenvalue weighted by molar-refractivity contribution is -0.120. The van der Waals surface area contributed by atoms with Gasteiger partial charge in [-0.3, -0.25) is 9.59 Å². The van der Waals surface area contributed by atoms with Crippen LogP contribution in [0.3, 0.4) is 0 Å². The predicted molar refractivity (Wildman–Crippen MR) is 105 cm³/mol. The fourth-order valence-corrected chi connectivity index (χ4v) is 4.67. The molecule has 0 saturated carbocycles. The van der Waals surface area contributed by atoms with E-state index < -0.39 is 5.41 Å². The van der Waals surface area contributed by atoms with Gasteiger partial charge in [0.1, 0.15) is 5.41 Å². The molecule has 0 aliphatic carbocycles. The van der Waals surface area contributed by atoms with Crippen molar-refractivity contribution in [3.05, 3.63) is 75.2 Å². The van der Waals surface area contributed by atoms with Gasteiger partial charge in [-0.25, -0.2) is 0 Å². The summed E-state index contributed by atoms with van der Waals surface area (Å²) in [5.41, 5.74) is 2.06. The van der Waals surface area contributed by atoms with Gasteiger partial charge in [0, 0.05) is 34.1 Å². The zero-order chi connectivity index (χ0) is 18.5. The molecule has 4 nitrogen and oxygen atoms in total. The molecule has 2 heterocycles. The molecule has 2 amide bonds. The van der Waals surface area contributed by atoms with Crippen molar-refractivity contribution in [3.63, 3.8) is 0 Å². The fraction of sp³-hybridized carbons (Fsp3) is 0.200. The fourth-order valence-electron chi connectivity index (χ4n) is 4.11. The minimum Gasteiger partial charge on any atom is -0.355 e. The number of benzene rings is 2. The molecule has 2 atom stereocenters. The van der Waals surface area contributed by atoms with Crippen molar-refractivity contribution in [2.24, 2.45) is 0 Å². The molecule has 4 rings (SSSR count). The highest BCUT2D eigenvalue weighted by Crippen LogP contribution is 2.53. The number of halogens is 2. The highest BCUT2D eigenvalue weighted by atomic mass is 79.9. The van der Waals surface area contributed by atoms with Crippen LogP contribution < -0.4 is 10.6 Å². The highest BCUT2D eigenvalue weighted by Gasteiger charge is 2.55. The lowest BCUT2D eigenvalue weighted by atomic mass is 9.64. The van der Waals surface area contributed by atoms with Crippen LogP contribution in [0.1, 0.15) is 23.5 Å². The van der Waals surface area contributed by atoms with Crippen molar-refractivity contribution >= 4 is 45.0 Å². The van der Waals surface area contributed by atoms with Crippen molar-refractivity contribution in [2.75, 3.05) is 11.9 Å². The van der Waals surface area contributed by atoms with Crippen LogP contribution in [0.5, 0.6) is 0 Å².